The summed E-state index contributed by atoms with van der Waals surface area (Å²) in [5.74, 6) is -2.71. The first-order chi connectivity index (χ1) is 15.5. The quantitative estimate of drug-likeness (QED) is 0.418. The van der Waals surface area contributed by atoms with Gasteiger partial charge in [0.15, 0.2) is 0 Å². The zero-order valence-electron chi connectivity index (χ0n) is 17.2. The van der Waals surface area contributed by atoms with Gasteiger partial charge in [0.05, 0.1) is 23.8 Å². The number of ether oxygens (including phenoxy) is 1. The normalized spacial score (nSPS) is 18.2. The number of nitrogens with zero attached hydrogens (tertiary/aromatic N) is 1. The molecule has 3 aromatic carbocycles. The Morgan fingerprint density at radius 3 is 2.59 bits per heavy atom. The Balaban J connectivity index is 1.76. The van der Waals surface area contributed by atoms with E-state index in [-0.39, 0.29) is 0 Å². The van der Waals surface area contributed by atoms with Crippen LogP contribution >= 0.6 is 23.4 Å². The molecule has 0 fully saturated rings. The number of rotatable bonds is 5. The molecule has 0 bridgehead atoms. The van der Waals surface area contributed by atoms with Crippen LogP contribution in [0.1, 0.15) is 17.0 Å². The highest BCUT2D eigenvalue weighted by Crippen LogP contribution is 2.43. The number of hydrogen-bond donors (Lipinski definition) is 1. The van der Waals surface area contributed by atoms with Crippen LogP contribution in [0.2, 0.25) is 5.02 Å². The van der Waals surface area contributed by atoms with E-state index in [1.54, 1.807) is 24.3 Å². The number of nitriles is 1. The Hall–Kier alpha value is -3.27. The SMILES string of the molecule is COC(=O)[C@H]1C(=O)NC(SCc2cccc3ccccc23)=C(C#N)[C@@H]1c1ccccc1Cl. The Bertz CT molecular complexity index is 1280. The lowest BCUT2D eigenvalue weighted by Gasteiger charge is -2.31. The maximum absolute atomic E-state index is 13.0. The second-order valence-electron chi connectivity index (χ2n) is 7.27. The van der Waals surface area contributed by atoms with Crippen molar-refractivity contribution in [1.82, 2.24) is 5.32 Å². The van der Waals surface area contributed by atoms with Gasteiger partial charge in [-0.25, -0.2) is 0 Å². The molecular formula is C25H19ClN2O3S. The van der Waals surface area contributed by atoms with Gasteiger partial charge in [-0.1, -0.05) is 72.3 Å². The molecule has 160 valence electrons. The monoisotopic (exact) mass is 462 g/mol. The van der Waals surface area contributed by atoms with E-state index in [0.717, 1.165) is 16.3 Å². The number of hydrogen-bond acceptors (Lipinski definition) is 5. The molecule has 0 spiro atoms. The van der Waals surface area contributed by atoms with Crippen molar-refractivity contribution in [1.29, 1.82) is 5.26 Å². The van der Waals surface area contributed by atoms with Crippen molar-refractivity contribution in [2.45, 2.75) is 11.7 Å². The molecule has 1 aliphatic heterocycles. The van der Waals surface area contributed by atoms with Gasteiger partial charge in [0, 0.05) is 16.7 Å². The maximum Gasteiger partial charge on any atom is 0.319 e. The van der Waals surface area contributed by atoms with E-state index in [1.165, 1.54) is 18.9 Å². The largest absolute Gasteiger partial charge is 0.468 e. The van der Waals surface area contributed by atoms with Crippen molar-refractivity contribution in [3.05, 3.63) is 93.5 Å². The maximum atomic E-state index is 13.0. The minimum absolute atomic E-state index is 0.290. The molecule has 0 saturated carbocycles. The van der Waals surface area contributed by atoms with Gasteiger partial charge in [-0.05, 0) is 28.0 Å². The highest BCUT2D eigenvalue weighted by molar-refractivity contribution is 8.02. The molecular weight excluding hydrogens is 444 g/mol. The third-order valence-electron chi connectivity index (χ3n) is 5.48. The lowest BCUT2D eigenvalue weighted by molar-refractivity contribution is -0.150. The molecule has 2 atom stereocenters. The summed E-state index contributed by atoms with van der Waals surface area (Å²) in [5, 5.41) is 15.8. The number of benzene rings is 3. The first-order valence-corrected chi connectivity index (χ1v) is 11.3. The zero-order chi connectivity index (χ0) is 22.7. The number of fused-ring (bicyclic) bond motifs is 1. The van der Waals surface area contributed by atoms with Crippen molar-refractivity contribution in [2.75, 3.05) is 7.11 Å². The predicted molar refractivity (Wildman–Crippen MR) is 126 cm³/mol. The van der Waals surface area contributed by atoms with E-state index in [1.807, 2.05) is 42.5 Å². The first-order valence-electron chi connectivity index (χ1n) is 9.92. The minimum Gasteiger partial charge on any atom is -0.468 e. The number of amides is 1. The molecule has 3 aromatic rings. The van der Waals surface area contributed by atoms with Crippen molar-refractivity contribution >= 4 is 46.0 Å². The molecule has 32 heavy (non-hydrogen) atoms. The number of nitrogens with one attached hydrogen (secondary N) is 1. The van der Waals surface area contributed by atoms with E-state index >= 15 is 0 Å². The minimum atomic E-state index is -1.20. The van der Waals surface area contributed by atoms with Crippen LogP contribution < -0.4 is 5.32 Å². The lowest BCUT2D eigenvalue weighted by Crippen LogP contribution is -2.44. The fourth-order valence-corrected chi connectivity index (χ4v) is 5.26. The van der Waals surface area contributed by atoms with Gasteiger partial charge in [-0.2, -0.15) is 5.26 Å². The highest BCUT2D eigenvalue weighted by Gasteiger charge is 2.45. The zero-order valence-corrected chi connectivity index (χ0v) is 18.7. The molecule has 0 aromatic heterocycles. The summed E-state index contributed by atoms with van der Waals surface area (Å²) in [4.78, 5) is 25.5. The van der Waals surface area contributed by atoms with Crippen molar-refractivity contribution in [3.8, 4) is 6.07 Å². The van der Waals surface area contributed by atoms with E-state index in [2.05, 4.69) is 11.4 Å². The molecule has 1 aliphatic rings. The molecule has 7 heteroatoms. The third-order valence-corrected chi connectivity index (χ3v) is 6.89. The average molecular weight is 463 g/mol. The topological polar surface area (TPSA) is 79.2 Å². The summed E-state index contributed by atoms with van der Waals surface area (Å²) >= 11 is 7.76. The smallest absolute Gasteiger partial charge is 0.319 e. The number of esters is 1. The number of halogens is 1. The number of allylic oxidation sites excluding steroid dienone is 1. The summed E-state index contributed by atoms with van der Waals surface area (Å²) < 4.78 is 4.88. The number of methoxy groups -OCH3 is 1. The fourth-order valence-electron chi connectivity index (χ4n) is 3.95. The third kappa shape index (κ3) is 4.10. The molecule has 0 unspecified atom stereocenters. The Labute approximate surface area is 195 Å². The Kier molecular flexibility index (Phi) is 6.50. The second-order valence-corrected chi connectivity index (χ2v) is 8.66. The van der Waals surface area contributed by atoms with Crippen molar-refractivity contribution in [2.24, 2.45) is 5.92 Å². The van der Waals surface area contributed by atoms with E-state index in [9.17, 15) is 14.9 Å². The number of thioether (sulfide) groups is 1. The van der Waals surface area contributed by atoms with Crippen LogP contribution in [0.3, 0.4) is 0 Å². The molecule has 1 amide bonds. The second kappa shape index (κ2) is 9.47. The molecule has 0 saturated heterocycles. The highest BCUT2D eigenvalue weighted by atomic mass is 35.5. The van der Waals surface area contributed by atoms with Crippen LogP contribution in [0.5, 0.6) is 0 Å². The number of carbonyl (C=O) groups excluding carboxylic acids is 2. The molecule has 4 rings (SSSR count). The standard InChI is InChI=1S/C25H19ClN2O3S/c1-31-25(30)22-21(18-11-4-5-12-20(18)26)19(13-27)24(28-23(22)29)32-14-16-9-6-8-15-7-2-3-10-17(15)16/h2-12,21-22H,14H2,1H3,(H,28,29)/t21-,22+/m0/s1. The lowest BCUT2D eigenvalue weighted by atomic mass is 9.78. The van der Waals surface area contributed by atoms with Gasteiger partial charge < -0.3 is 10.1 Å². The summed E-state index contributed by atoms with van der Waals surface area (Å²) in [7, 11) is 1.22. The van der Waals surface area contributed by atoms with Crippen molar-refractivity contribution < 1.29 is 14.3 Å². The Morgan fingerprint density at radius 2 is 1.84 bits per heavy atom. The van der Waals surface area contributed by atoms with Crippen LogP contribution in [-0.4, -0.2) is 19.0 Å². The van der Waals surface area contributed by atoms with Gasteiger partial charge >= 0.3 is 5.97 Å². The van der Waals surface area contributed by atoms with Crippen LogP contribution in [-0.2, 0) is 20.1 Å². The van der Waals surface area contributed by atoms with E-state index in [4.69, 9.17) is 16.3 Å². The van der Waals surface area contributed by atoms with Crippen LogP contribution in [0.25, 0.3) is 10.8 Å². The van der Waals surface area contributed by atoms with Gasteiger partial charge in [0.2, 0.25) is 5.91 Å². The molecule has 0 radical (unpaired) electrons. The van der Waals surface area contributed by atoms with Crippen LogP contribution in [0, 0.1) is 17.2 Å². The summed E-state index contributed by atoms with van der Waals surface area (Å²) in [5.41, 5.74) is 1.91. The van der Waals surface area contributed by atoms with Gasteiger partial charge in [0.25, 0.3) is 0 Å². The van der Waals surface area contributed by atoms with Gasteiger partial charge in [-0.3, -0.25) is 9.59 Å². The molecule has 0 aliphatic carbocycles. The number of carbonyl (C=O) groups is 2. The van der Waals surface area contributed by atoms with Crippen molar-refractivity contribution in [3.63, 3.8) is 0 Å². The first kappa shape index (κ1) is 21.9. The fraction of sp³-hybridized carbons (Fsp3) is 0.160. The average Bonchev–Trinajstić information content (AvgIpc) is 2.82. The van der Waals surface area contributed by atoms with E-state index in [0.29, 0.717) is 26.9 Å². The summed E-state index contributed by atoms with van der Waals surface area (Å²) in [6.45, 7) is 0. The molecule has 1 heterocycles. The van der Waals surface area contributed by atoms with Crippen LogP contribution in [0.15, 0.2) is 77.3 Å². The molecule has 5 nitrogen and oxygen atoms in total. The summed E-state index contributed by atoms with van der Waals surface area (Å²) in [6.07, 6.45) is 0. The predicted octanol–water partition coefficient (Wildman–Crippen LogP) is 5.16. The summed E-state index contributed by atoms with van der Waals surface area (Å²) in [6, 6.07) is 23.2. The van der Waals surface area contributed by atoms with Gasteiger partial charge in [-0.15, -0.1) is 11.8 Å². The van der Waals surface area contributed by atoms with E-state index < -0.39 is 23.7 Å². The Morgan fingerprint density at radius 1 is 1.12 bits per heavy atom. The molecule has 1 N–H and O–H groups in total. The van der Waals surface area contributed by atoms with Gasteiger partial charge in [0.1, 0.15) is 5.92 Å². The van der Waals surface area contributed by atoms with Crippen LogP contribution in [0.4, 0.5) is 0 Å².